The Balaban J connectivity index is 1.29. The Morgan fingerprint density at radius 1 is 1.25 bits per heavy atom. The van der Waals surface area contributed by atoms with Gasteiger partial charge in [0.2, 0.25) is 16.0 Å². The number of hydroxylamine groups is 1. The van der Waals surface area contributed by atoms with Gasteiger partial charge in [-0.3, -0.25) is 4.79 Å². The third kappa shape index (κ3) is 5.92. The van der Waals surface area contributed by atoms with Crippen molar-refractivity contribution >= 4 is 28.0 Å². The molecule has 3 atom stereocenters. The smallest absolute Gasteiger partial charge is 0.278 e. The van der Waals surface area contributed by atoms with Crippen LogP contribution in [0.3, 0.4) is 0 Å². The standard InChI is InChI=1S/C25H33N5O5S/c1-5-7-18-11-20(9-8-16(18)3)36(32,33)29-23-21-14-30(15-22(21)23)25-26-12-19(13-27-25)24(31)28-35-17(4)34-10-6-2/h5,7-9,11-13,17,21-23,29H,6,10,14-15H2,1-4H3,(H,28,31)/b7-5-. The lowest BCUT2D eigenvalue weighted by molar-refractivity contribution is -0.158. The lowest BCUT2D eigenvalue weighted by atomic mass is 10.1. The zero-order chi connectivity index (χ0) is 25.9. The largest absolute Gasteiger partial charge is 0.351 e. The second-order valence-corrected chi connectivity index (χ2v) is 10.9. The highest BCUT2D eigenvalue weighted by Crippen LogP contribution is 2.46. The van der Waals surface area contributed by atoms with Gasteiger partial charge >= 0.3 is 0 Å². The van der Waals surface area contributed by atoms with Gasteiger partial charge in [-0.2, -0.15) is 0 Å². The Kier molecular flexibility index (Phi) is 8.04. The molecule has 36 heavy (non-hydrogen) atoms. The molecule has 0 bridgehead atoms. The van der Waals surface area contributed by atoms with Crippen LogP contribution in [0.2, 0.25) is 0 Å². The van der Waals surface area contributed by atoms with Crippen LogP contribution in [-0.2, 0) is 19.6 Å². The monoisotopic (exact) mass is 515 g/mol. The number of benzene rings is 1. The summed E-state index contributed by atoms with van der Waals surface area (Å²) in [5.74, 6) is 0.450. The number of aromatic nitrogens is 2. The maximum absolute atomic E-state index is 13.0. The first-order valence-electron chi connectivity index (χ1n) is 12.1. The number of sulfonamides is 1. The Morgan fingerprint density at radius 3 is 2.58 bits per heavy atom. The van der Waals surface area contributed by atoms with Gasteiger partial charge < -0.3 is 9.64 Å². The van der Waals surface area contributed by atoms with Crippen molar-refractivity contribution in [3.05, 3.63) is 53.4 Å². The average Bonchev–Trinajstić information content (AvgIpc) is 3.28. The molecule has 2 aliphatic rings. The van der Waals surface area contributed by atoms with E-state index in [-0.39, 0.29) is 28.3 Å². The molecule has 3 unspecified atom stereocenters. The van der Waals surface area contributed by atoms with Gasteiger partial charge in [0.25, 0.3) is 5.91 Å². The molecule has 0 radical (unpaired) electrons. The molecule has 1 aromatic carbocycles. The normalized spacial score (nSPS) is 22.0. The van der Waals surface area contributed by atoms with Crippen LogP contribution >= 0.6 is 0 Å². The third-order valence-corrected chi connectivity index (χ3v) is 7.91. The number of carbonyl (C=O) groups excluding carboxylic acids is 1. The number of nitrogens with one attached hydrogen (secondary N) is 2. The van der Waals surface area contributed by atoms with Crippen LogP contribution in [0.15, 0.2) is 41.6 Å². The van der Waals surface area contributed by atoms with Crippen molar-refractivity contribution < 1.29 is 22.8 Å². The summed E-state index contributed by atoms with van der Waals surface area (Å²) in [6, 6.07) is 5.08. The first kappa shape index (κ1) is 26.2. The van der Waals surface area contributed by atoms with E-state index >= 15 is 0 Å². The summed E-state index contributed by atoms with van der Waals surface area (Å²) in [4.78, 5) is 28.3. The molecule has 11 heteroatoms. The number of ether oxygens (including phenoxy) is 1. The van der Waals surface area contributed by atoms with E-state index in [0.717, 1.165) is 17.5 Å². The molecule has 1 aromatic heterocycles. The Hall–Kier alpha value is -2.86. The number of rotatable bonds is 11. The topological polar surface area (TPSA) is 123 Å². The Labute approximate surface area is 212 Å². The molecule has 2 fully saturated rings. The highest BCUT2D eigenvalue weighted by atomic mass is 32.2. The van der Waals surface area contributed by atoms with E-state index in [9.17, 15) is 13.2 Å². The quantitative estimate of drug-likeness (QED) is 0.346. The average molecular weight is 516 g/mol. The maximum atomic E-state index is 13.0. The fourth-order valence-corrected chi connectivity index (χ4v) is 5.74. The van der Waals surface area contributed by atoms with Gasteiger partial charge in [0.15, 0.2) is 6.29 Å². The number of nitrogens with zero attached hydrogens (tertiary/aromatic N) is 3. The number of hydrogen-bond donors (Lipinski definition) is 2. The molecular weight excluding hydrogens is 482 g/mol. The summed E-state index contributed by atoms with van der Waals surface area (Å²) in [5, 5.41) is 0. The van der Waals surface area contributed by atoms with Crippen LogP contribution in [0.25, 0.3) is 6.08 Å². The molecule has 1 saturated heterocycles. The highest BCUT2D eigenvalue weighted by molar-refractivity contribution is 7.89. The minimum Gasteiger partial charge on any atom is -0.351 e. The molecule has 0 spiro atoms. The molecule has 194 valence electrons. The van der Waals surface area contributed by atoms with Gasteiger partial charge in [-0.1, -0.05) is 25.1 Å². The number of fused-ring (bicyclic) bond motifs is 1. The summed E-state index contributed by atoms with van der Waals surface area (Å²) in [7, 11) is -3.61. The molecule has 4 rings (SSSR count). The van der Waals surface area contributed by atoms with Crippen molar-refractivity contribution in [3.8, 4) is 0 Å². The van der Waals surface area contributed by atoms with E-state index in [1.807, 2.05) is 43.9 Å². The van der Waals surface area contributed by atoms with Crippen molar-refractivity contribution in [1.82, 2.24) is 20.2 Å². The third-order valence-electron chi connectivity index (χ3n) is 6.45. The Morgan fingerprint density at radius 2 is 1.94 bits per heavy atom. The number of carbonyl (C=O) groups is 1. The summed E-state index contributed by atoms with van der Waals surface area (Å²) in [5.41, 5.74) is 4.53. The number of amides is 1. The van der Waals surface area contributed by atoms with Crippen LogP contribution in [0.1, 0.15) is 48.7 Å². The maximum Gasteiger partial charge on any atom is 0.278 e. The summed E-state index contributed by atoms with van der Waals surface area (Å²) in [6.45, 7) is 9.38. The number of hydrogen-bond acceptors (Lipinski definition) is 8. The molecule has 2 N–H and O–H groups in total. The van der Waals surface area contributed by atoms with Crippen LogP contribution in [-0.4, -0.2) is 56.3 Å². The minimum atomic E-state index is -3.61. The molecule has 10 nitrogen and oxygen atoms in total. The van der Waals surface area contributed by atoms with Gasteiger partial charge in [-0.05, 0) is 62.3 Å². The van der Waals surface area contributed by atoms with Gasteiger partial charge in [-0.15, -0.1) is 0 Å². The van der Waals surface area contributed by atoms with Crippen LogP contribution < -0.4 is 15.1 Å². The number of allylic oxidation sites excluding steroid dienone is 1. The lowest BCUT2D eigenvalue weighted by Gasteiger charge is -2.20. The number of piperidine rings is 1. The molecule has 1 aliphatic heterocycles. The first-order chi connectivity index (χ1) is 17.2. The predicted octanol–water partition coefficient (Wildman–Crippen LogP) is 2.67. The highest BCUT2D eigenvalue weighted by Gasteiger charge is 2.57. The number of anilines is 1. The van der Waals surface area contributed by atoms with E-state index in [1.165, 1.54) is 12.4 Å². The van der Waals surface area contributed by atoms with Gasteiger partial charge in [0.1, 0.15) is 0 Å². The summed E-state index contributed by atoms with van der Waals surface area (Å²) in [6.07, 6.45) is 6.99. The fraction of sp³-hybridized carbons (Fsp3) is 0.480. The van der Waals surface area contributed by atoms with Crippen LogP contribution in [0.4, 0.5) is 5.95 Å². The Bertz CT molecular complexity index is 1210. The zero-order valence-electron chi connectivity index (χ0n) is 21.0. The fourth-order valence-electron chi connectivity index (χ4n) is 4.37. The van der Waals surface area contributed by atoms with Crippen molar-refractivity contribution in [2.45, 2.75) is 51.3 Å². The van der Waals surface area contributed by atoms with Gasteiger partial charge in [0.05, 0.1) is 10.5 Å². The lowest BCUT2D eigenvalue weighted by Crippen LogP contribution is -2.35. The van der Waals surface area contributed by atoms with Crippen molar-refractivity contribution in [1.29, 1.82) is 0 Å². The molecular formula is C25H33N5O5S. The van der Waals surface area contributed by atoms with E-state index < -0.39 is 22.2 Å². The van der Waals surface area contributed by atoms with E-state index in [1.54, 1.807) is 19.1 Å². The van der Waals surface area contributed by atoms with Crippen LogP contribution in [0, 0.1) is 18.8 Å². The molecule has 2 aromatic rings. The number of aryl methyl sites for hydroxylation is 1. The minimum absolute atomic E-state index is 0.100. The van der Waals surface area contributed by atoms with Crippen LogP contribution in [0.5, 0.6) is 0 Å². The van der Waals surface area contributed by atoms with Crippen molar-refractivity contribution in [3.63, 3.8) is 0 Å². The molecule has 1 saturated carbocycles. The molecule has 2 heterocycles. The van der Waals surface area contributed by atoms with Crippen molar-refractivity contribution in [2.24, 2.45) is 11.8 Å². The van der Waals surface area contributed by atoms with E-state index in [2.05, 4.69) is 20.2 Å². The molecule has 1 amide bonds. The van der Waals surface area contributed by atoms with E-state index in [0.29, 0.717) is 25.6 Å². The second-order valence-electron chi connectivity index (χ2n) is 9.16. The van der Waals surface area contributed by atoms with Crippen molar-refractivity contribution in [2.75, 3.05) is 24.6 Å². The summed E-state index contributed by atoms with van der Waals surface area (Å²) < 4.78 is 34.1. The SMILES string of the molecule is C/C=C\c1cc(S(=O)(=O)NC2C3CN(c4ncc(C(=O)NOC(C)OCCC)cn4)CC32)ccc1C. The second kappa shape index (κ2) is 11.0. The predicted molar refractivity (Wildman–Crippen MR) is 135 cm³/mol. The first-order valence-corrected chi connectivity index (χ1v) is 13.6. The van der Waals surface area contributed by atoms with Gasteiger partial charge in [-0.25, -0.2) is 33.4 Å². The zero-order valence-corrected chi connectivity index (χ0v) is 21.8. The van der Waals surface area contributed by atoms with E-state index in [4.69, 9.17) is 9.57 Å². The summed E-state index contributed by atoms with van der Waals surface area (Å²) >= 11 is 0. The van der Waals surface area contributed by atoms with Gasteiger partial charge in [0, 0.05) is 38.1 Å². The molecule has 1 aliphatic carbocycles.